The van der Waals surface area contributed by atoms with Crippen LogP contribution in [0.5, 0.6) is 5.75 Å². The molecule has 3 heteroatoms. The number of primary amides is 1. The SMILES string of the molecule is C=CCc1cc(O)ccc1C(N)=O. The summed E-state index contributed by atoms with van der Waals surface area (Å²) in [5.41, 5.74) is 6.27. The molecule has 0 saturated heterocycles. The minimum Gasteiger partial charge on any atom is -0.508 e. The van der Waals surface area contributed by atoms with Crippen LogP contribution in [0, 0.1) is 0 Å². The maximum atomic E-state index is 10.9. The second kappa shape index (κ2) is 3.76. The zero-order chi connectivity index (χ0) is 9.84. The number of amides is 1. The summed E-state index contributed by atoms with van der Waals surface area (Å²) >= 11 is 0. The summed E-state index contributed by atoms with van der Waals surface area (Å²) < 4.78 is 0. The summed E-state index contributed by atoms with van der Waals surface area (Å²) in [4.78, 5) is 10.9. The molecule has 0 spiro atoms. The van der Waals surface area contributed by atoms with Gasteiger partial charge in [0.2, 0.25) is 5.91 Å². The van der Waals surface area contributed by atoms with Crippen molar-refractivity contribution in [3.05, 3.63) is 42.0 Å². The first-order valence-electron chi connectivity index (χ1n) is 3.87. The summed E-state index contributed by atoms with van der Waals surface area (Å²) in [7, 11) is 0. The average Bonchev–Trinajstić information content (AvgIpc) is 2.04. The van der Waals surface area contributed by atoms with E-state index in [0.29, 0.717) is 17.5 Å². The lowest BCUT2D eigenvalue weighted by Gasteiger charge is -2.04. The van der Waals surface area contributed by atoms with Gasteiger partial charge in [0, 0.05) is 5.56 Å². The van der Waals surface area contributed by atoms with Crippen LogP contribution in [0.15, 0.2) is 30.9 Å². The Bertz CT molecular complexity index is 345. The Morgan fingerprint density at radius 1 is 1.62 bits per heavy atom. The highest BCUT2D eigenvalue weighted by Crippen LogP contribution is 2.16. The lowest BCUT2D eigenvalue weighted by atomic mass is 10.0. The van der Waals surface area contributed by atoms with E-state index in [2.05, 4.69) is 6.58 Å². The number of allylic oxidation sites excluding steroid dienone is 1. The van der Waals surface area contributed by atoms with Crippen LogP contribution in [-0.4, -0.2) is 11.0 Å². The van der Waals surface area contributed by atoms with E-state index in [1.54, 1.807) is 6.08 Å². The van der Waals surface area contributed by atoms with Gasteiger partial charge < -0.3 is 10.8 Å². The van der Waals surface area contributed by atoms with Gasteiger partial charge in [-0.1, -0.05) is 6.08 Å². The van der Waals surface area contributed by atoms with E-state index in [0.717, 1.165) is 0 Å². The molecule has 1 rings (SSSR count). The Kier molecular flexibility index (Phi) is 2.69. The third kappa shape index (κ3) is 2.08. The largest absolute Gasteiger partial charge is 0.508 e. The molecule has 3 nitrogen and oxygen atoms in total. The molecule has 1 aromatic rings. The average molecular weight is 177 g/mol. The molecule has 68 valence electrons. The standard InChI is InChI=1S/C10H11NO2/c1-2-3-7-6-8(12)4-5-9(7)10(11)13/h2,4-6,12H,1,3H2,(H2,11,13). The Hall–Kier alpha value is -1.77. The zero-order valence-corrected chi connectivity index (χ0v) is 7.16. The Morgan fingerprint density at radius 2 is 2.31 bits per heavy atom. The molecule has 13 heavy (non-hydrogen) atoms. The van der Waals surface area contributed by atoms with Gasteiger partial charge in [0.15, 0.2) is 0 Å². The van der Waals surface area contributed by atoms with Gasteiger partial charge in [-0.05, 0) is 30.2 Å². The van der Waals surface area contributed by atoms with Crippen molar-refractivity contribution < 1.29 is 9.90 Å². The number of rotatable bonds is 3. The Morgan fingerprint density at radius 3 is 2.85 bits per heavy atom. The topological polar surface area (TPSA) is 63.3 Å². The van der Waals surface area contributed by atoms with Gasteiger partial charge in [-0.2, -0.15) is 0 Å². The second-order valence-corrected chi connectivity index (χ2v) is 2.70. The Balaban J connectivity index is 3.17. The van der Waals surface area contributed by atoms with Crippen molar-refractivity contribution >= 4 is 5.91 Å². The predicted octanol–water partition coefficient (Wildman–Crippen LogP) is 1.22. The molecule has 0 aliphatic rings. The first-order valence-corrected chi connectivity index (χ1v) is 3.87. The number of nitrogens with two attached hydrogens (primary N) is 1. The van der Waals surface area contributed by atoms with E-state index in [-0.39, 0.29) is 5.75 Å². The summed E-state index contributed by atoms with van der Waals surface area (Å²) in [6, 6.07) is 4.46. The smallest absolute Gasteiger partial charge is 0.248 e. The number of phenols is 1. The summed E-state index contributed by atoms with van der Waals surface area (Å²) in [5, 5.41) is 9.16. The van der Waals surface area contributed by atoms with Crippen LogP contribution in [0.1, 0.15) is 15.9 Å². The van der Waals surface area contributed by atoms with Crippen LogP contribution >= 0.6 is 0 Å². The van der Waals surface area contributed by atoms with Gasteiger partial charge in [0.1, 0.15) is 5.75 Å². The lowest BCUT2D eigenvalue weighted by molar-refractivity contribution is 0.0999. The zero-order valence-electron chi connectivity index (χ0n) is 7.16. The van der Waals surface area contributed by atoms with Crippen LogP contribution in [0.4, 0.5) is 0 Å². The molecule has 0 atom stereocenters. The third-order valence-corrected chi connectivity index (χ3v) is 1.72. The van der Waals surface area contributed by atoms with Crippen molar-refractivity contribution in [3.63, 3.8) is 0 Å². The molecule has 3 N–H and O–H groups in total. The monoisotopic (exact) mass is 177 g/mol. The van der Waals surface area contributed by atoms with E-state index in [4.69, 9.17) is 10.8 Å². The van der Waals surface area contributed by atoms with E-state index in [1.807, 2.05) is 0 Å². The van der Waals surface area contributed by atoms with Crippen molar-refractivity contribution in [2.75, 3.05) is 0 Å². The van der Waals surface area contributed by atoms with Crippen molar-refractivity contribution in [1.82, 2.24) is 0 Å². The molecular formula is C10H11NO2. The van der Waals surface area contributed by atoms with Crippen molar-refractivity contribution in [2.45, 2.75) is 6.42 Å². The van der Waals surface area contributed by atoms with Gasteiger partial charge in [-0.25, -0.2) is 0 Å². The normalized spacial score (nSPS) is 9.54. The molecule has 0 saturated carbocycles. The quantitative estimate of drug-likeness (QED) is 0.682. The van der Waals surface area contributed by atoms with Crippen LogP contribution in [-0.2, 0) is 6.42 Å². The third-order valence-electron chi connectivity index (χ3n) is 1.72. The summed E-state index contributed by atoms with van der Waals surface area (Å²) in [5.74, 6) is -0.362. The van der Waals surface area contributed by atoms with E-state index in [1.165, 1.54) is 18.2 Å². The van der Waals surface area contributed by atoms with Gasteiger partial charge in [0.05, 0.1) is 0 Å². The molecule has 1 amide bonds. The van der Waals surface area contributed by atoms with E-state index < -0.39 is 5.91 Å². The minimum absolute atomic E-state index is 0.127. The maximum Gasteiger partial charge on any atom is 0.248 e. The Labute approximate surface area is 76.5 Å². The van der Waals surface area contributed by atoms with Crippen molar-refractivity contribution in [1.29, 1.82) is 0 Å². The van der Waals surface area contributed by atoms with E-state index in [9.17, 15) is 4.79 Å². The minimum atomic E-state index is -0.489. The molecule has 0 aliphatic carbocycles. The van der Waals surface area contributed by atoms with Crippen LogP contribution in [0.2, 0.25) is 0 Å². The number of hydrogen-bond donors (Lipinski definition) is 2. The van der Waals surface area contributed by atoms with Crippen LogP contribution < -0.4 is 5.73 Å². The van der Waals surface area contributed by atoms with Crippen molar-refractivity contribution in [2.24, 2.45) is 5.73 Å². The summed E-state index contributed by atoms with van der Waals surface area (Å²) in [6.45, 7) is 3.55. The first-order chi connectivity index (χ1) is 6.15. The number of carbonyl (C=O) groups excluding carboxylic acids is 1. The van der Waals surface area contributed by atoms with Crippen molar-refractivity contribution in [3.8, 4) is 5.75 Å². The first kappa shape index (κ1) is 9.32. The fourth-order valence-electron chi connectivity index (χ4n) is 1.14. The molecule has 1 aromatic carbocycles. The van der Waals surface area contributed by atoms with Gasteiger partial charge >= 0.3 is 0 Å². The second-order valence-electron chi connectivity index (χ2n) is 2.70. The molecule has 0 fully saturated rings. The highest BCUT2D eigenvalue weighted by atomic mass is 16.3. The molecule has 0 heterocycles. The molecule has 0 radical (unpaired) electrons. The fraction of sp³-hybridized carbons (Fsp3) is 0.100. The number of hydrogen-bond acceptors (Lipinski definition) is 2. The number of carbonyl (C=O) groups is 1. The highest BCUT2D eigenvalue weighted by Gasteiger charge is 2.06. The number of phenolic OH excluding ortho intramolecular Hbond substituents is 1. The van der Waals surface area contributed by atoms with Gasteiger partial charge in [-0.15, -0.1) is 6.58 Å². The number of aromatic hydroxyl groups is 1. The molecule has 0 aliphatic heterocycles. The lowest BCUT2D eigenvalue weighted by Crippen LogP contribution is -2.13. The predicted molar refractivity (Wildman–Crippen MR) is 50.5 cm³/mol. The highest BCUT2D eigenvalue weighted by molar-refractivity contribution is 5.94. The summed E-state index contributed by atoms with van der Waals surface area (Å²) in [6.07, 6.45) is 2.17. The molecule has 0 unspecified atom stereocenters. The van der Waals surface area contributed by atoms with Gasteiger partial charge in [0.25, 0.3) is 0 Å². The maximum absolute atomic E-state index is 10.9. The van der Waals surface area contributed by atoms with E-state index >= 15 is 0 Å². The van der Waals surface area contributed by atoms with Crippen LogP contribution in [0.3, 0.4) is 0 Å². The molecule has 0 bridgehead atoms. The fourth-order valence-corrected chi connectivity index (χ4v) is 1.14. The van der Waals surface area contributed by atoms with Gasteiger partial charge in [-0.3, -0.25) is 4.79 Å². The molecular weight excluding hydrogens is 166 g/mol. The van der Waals surface area contributed by atoms with Crippen LogP contribution in [0.25, 0.3) is 0 Å². The molecule has 0 aromatic heterocycles. The number of benzene rings is 1.